The fourth-order valence-electron chi connectivity index (χ4n) is 5.70. The number of carbonyl (C=O) groups is 1. The second kappa shape index (κ2) is 14.0. The zero-order valence-corrected chi connectivity index (χ0v) is 24.1. The molecule has 0 radical (unpaired) electrons. The number of hydrogen-bond acceptors (Lipinski definition) is 4. The van der Waals surface area contributed by atoms with Gasteiger partial charge < -0.3 is 16.4 Å². The topological polar surface area (TPSA) is 90.9 Å². The molecule has 0 unspecified atom stereocenters. The molecule has 3 aromatic rings. The molecule has 1 aliphatic rings. The van der Waals surface area contributed by atoms with Gasteiger partial charge in [-0.15, -0.1) is 0 Å². The highest BCUT2D eigenvalue weighted by Gasteiger charge is 2.61. The molecule has 4 rings (SSSR count). The highest BCUT2D eigenvalue weighted by molar-refractivity contribution is 6.31. The van der Waals surface area contributed by atoms with Gasteiger partial charge in [0.25, 0.3) is 0 Å². The highest BCUT2D eigenvalue weighted by Crippen LogP contribution is 2.52. The first kappa shape index (κ1) is 35.2. The fraction of sp³-hybridized carbons (Fsp3) is 0.394. The van der Waals surface area contributed by atoms with Gasteiger partial charge in [0.2, 0.25) is 5.91 Å². The quantitative estimate of drug-likeness (QED) is 0.251. The zero-order chi connectivity index (χ0) is 29.2. The summed E-state index contributed by atoms with van der Waals surface area (Å²) in [4.78, 5) is 13.9. The average Bonchev–Trinajstić information content (AvgIpc) is 3.20. The van der Waals surface area contributed by atoms with E-state index in [2.05, 4.69) is 16.7 Å². The number of nitriles is 1. The van der Waals surface area contributed by atoms with Crippen LogP contribution in [0.15, 0.2) is 60.7 Å². The minimum absolute atomic E-state index is 0. The smallest absolute Gasteiger partial charge is 0.242 e. The normalized spacial score (nSPS) is 21.5. The van der Waals surface area contributed by atoms with Gasteiger partial charge in [0, 0.05) is 28.2 Å². The molecule has 4 N–H and O–H groups in total. The Hall–Kier alpha value is -3.02. The van der Waals surface area contributed by atoms with Crippen molar-refractivity contribution in [3.63, 3.8) is 0 Å². The van der Waals surface area contributed by atoms with Gasteiger partial charge in [-0.3, -0.25) is 4.79 Å². The predicted molar refractivity (Wildman–Crippen MR) is 169 cm³/mol. The molecule has 0 aliphatic carbocycles. The first-order chi connectivity index (χ1) is 18.9. The van der Waals surface area contributed by atoms with Crippen LogP contribution in [0.5, 0.6) is 0 Å². The Balaban J connectivity index is 0.00000308. The minimum Gasteiger partial charge on any atom is -0.330 e. The molecule has 1 amide bonds. The van der Waals surface area contributed by atoms with Crippen molar-refractivity contribution in [1.82, 2.24) is 5.32 Å². The lowest BCUT2D eigenvalue weighted by Gasteiger charge is -2.37. The number of carbonyl (C=O) groups excluding carboxylic acids is 1. The lowest BCUT2D eigenvalue weighted by Crippen LogP contribution is -2.45. The number of nitrogens with zero attached hydrogens (tertiary/aromatic N) is 1. The third-order valence-corrected chi connectivity index (χ3v) is 7.91. The Morgan fingerprint density at radius 2 is 1.76 bits per heavy atom. The van der Waals surface area contributed by atoms with Crippen molar-refractivity contribution in [2.24, 2.45) is 11.1 Å². The molecule has 226 valence electrons. The van der Waals surface area contributed by atoms with E-state index >= 15 is 8.78 Å². The first-order valence-electron chi connectivity index (χ1n) is 13.1. The van der Waals surface area contributed by atoms with Gasteiger partial charge in [-0.25, -0.2) is 8.78 Å². The summed E-state index contributed by atoms with van der Waals surface area (Å²) in [6.45, 7) is 6.46. The number of rotatable bonds is 7. The van der Waals surface area contributed by atoms with Crippen LogP contribution in [-0.2, 0) is 16.6 Å². The third kappa shape index (κ3) is 6.95. The minimum atomic E-state index is -1.68. The molecule has 4 atom stereocenters. The van der Waals surface area contributed by atoms with E-state index in [9.17, 15) is 10.1 Å². The Kier molecular flexibility index (Phi) is 11.7. The average molecular weight is 618 g/mol. The maximum atomic E-state index is 15.7. The first-order valence-corrected chi connectivity index (χ1v) is 13.8. The number of nitrogens with two attached hydrogens (primary N) is 1. The van der Waals surface area contributed by atoms with Crippen LogP contribution in [0.3, 0.4) is 0 Å². The third-order valence-electron chi connectivity index (χ3n) is 7.39. The molecule has 1 saturated heterocycles. The summed E-state index contributed by atoms with van der Waals surface area (Å²) in [5, 5.41) is 17.1. The summed E-state index contributed by atoms with van der Waals surface area (Å²) < 4.78 is 31.4. The molecule has 42 heavy (non-hydrogen) atoms. The van der Waals surface area contributed by atoms with Crippen molar-refractivity contribution >= 4 is 34.8 Å². The summed E-state index contributed by atoms with van der Waals surface area (Å²) in [5.41, 5.74) is 5.26. The Bertz CT molecular complexity index is 1440. The molecule has 1 fully saturated rings. The summed E-state index contributed by atoms with van der Waals surface area (Å²) in [7, 11) is 0. The molecule has 0 aromatic heterocycles. The number of amides is 1. The van der Waals surface area contributed by atoms with Crippen molar-refractivity contribution in [3.05, 3.63) is 99.0 Å². The highest BCUT2D eigenvalue weighted by atomic mass is 35.5. The van der Waals surface area contributed by atoms with E-state index in [-0.39, 0.29) is 41.4 Å². The maximum Gasteiger partial charge on any atom is 0.242 e. The fourth-order valence-corrected chi connectivity index (χ4v) is 6.04. The van der Waals surface area contributed by atoms with Crippen LogP contribution < -0.4 is 16.4 Å². The number of hydrogen-bond donors (Lipinski definition) is 3. The van der Waals surface area contributed by atoms with Gasteiger partial charge >= 0.3 is 0 Å². The Morgan fingerprint density at radius 1 is 1.10 bits per heavy atom. The molecule has 3 aromatic carbocycles. The molecule has 0 spiro atoms. The van der Waals surface area contributed by atoms with Crippen LogP contribution in [-0.4, -0.2) is 24.5 Å². The second-order valence-corrected chi connectivity index (χ2v) is 12.3. The molecule has 0 bridgehead atoms. The summed E-state index contributed by atoms with van der Waals surface area (Å²) in [6, 6.07) is 16.3. The van der Waals surface area contributed by atoms with Gasteiger partial charge in [-0.2, -0.15) is 5.26 Å². The van der Waals surface area contributed by atoms with Gasteiger partial charge in [-0.05, 0) is 66.3 Å². The van der Waals surface area contributed by atoms with E-state index in [1.54, 1.807) is 18.2 Å². The van der Waals surface area contributed by atoms with E-state index in [0.29, 0.717) is 25.1 Å². The van der Waals surface area contributed by atoms with Crippen molar-refractivity contribution in [1.29, 1.82) is 5.26 Å². The Labute approximate surface area is 258 Å². The standard InChI is InChI=1S/C31H32Cl2F2N4O.2CH4/c1-30(2,3)16-25-31(17-37,22-12-9-19(32)15-24(22)34)26(21-5-4-6-23(33)27(21)35)28(39-25)29(40)38-20-10-7-18(8-11-20)13-14-36;;/h4-12,15,25-26,28,39H,13-14,16,36H2,1-3H3,(H,38,40);2*1H4/t25-,26-,28+,31-;;/m0../s1. The molecule has 1 heterocycles. The van der Waals surface area contributed by atoms with E-state index in [1.807, 2.05) is 32.9 Å². The predicted octanol–water partition coefficient (Wildman–Crippen LogP) is 8.01. The second-order valence-electron chi connectivity index (χ2n) is 11.4. The van der Waals surface area contributed by atoms with Crippen LogP contribution in [0, 0.1) is 28.4 Å². The van der Waals surface area contributed by atoms with Crippen molar-refractivity contribution in [2.45, 2.75) is 71.9 Å². The van der Waals surface area contributed by atoms with Crippen molar-refractivity contribution in [2.75, 3.05) is 11.9 Å². The molecule has 9 heteroatoms. The van der Waals surface area contributed by atoms with E-state index < -0.39 is 41.0 Å². The molecule has 5 nitrogen and oxygen atoms in total. The summed E-state index contributed by atoms with van der Waals surface area (Å²) in [6.07, 6.45) is 1.08. The van der Waals surface area contributed by atoms with Crippen LogP contribution in [0.25, 0.3) is 0 Å². The number of benzene rings is 3. The SMILES string of the molecule is C.C.CC(C)(C)C[C@@H]1N[C@@H](C(=O)Nc2ccc(CCN)cc2)[C@H](c2cccc(Cl)c2F)[C@@]1(C#N)c1ccc(Cl)cc1F. The van der Waals surface area contributed by atoms with Crippen LogP contribution in [0.1, 0.15) is 64.7 Å². The number of nitrogens with one attached hydrogen (secondary N) is 2. The van der Waals surface area contributed by atoms with E-state index in [4.69, 9.17) is 28.9 Å². The summed E-state index contributed by atoms with van der Waals surface area (Å²) >= 11 is 12.3. The maximum absolute atomic E-state index is 15.7. The van der Waals surface area contributed by atoms with Gasteiger partial charge in [-0.1, -0.05) is 89.2 Å². The molecule has 1 aliphatic heterocycles. The lowest BCUT2D eigenvalue weighted by atomic mass is 9.62. The summed E-state index contributed by atoms with van der Waals surface area (Å²) in [5.74, 6) is -3.08. The Morgan fingerprint density at radius 3 is 2.33 bits per heavy atom. The van der Waals surface area contributed by atoms with Gasteiger partial charge in [0.1, 0.15) is 17.0 Å². The van der Waals surface area contributed by atoms with Crippen LogP contribution >= 0.6 is 23.2 Å². The molecular weight excluding hydrogens is 577 g/mol. The molecule has 0 saturated carbocycles. The zero-order valence-electron chi connectivity index (χ0n) is 22.6. The van der Waals surface area contributed by atoms with E-state index in [0.717, 1.165) is 11.6 Å². The van der Waals surface area contributed by atoms with Gasteiger partial charge in [0.05, 0.1) is 17.1 Å². The monoisotopic (exact) mass is 616 g/mol. The van der Waals surface area contributed by atoms with Crippen LogP contribution in [0.2, 0.25) is 10.0 Å². The largest absolute Gasteiger partial charge is 0.330 e. The molecular formula is C33H40Cl2F2N4O. The van der Waals surface area contributed by atoms with E-state index in [1.165, 1.54) is 24.3 Å². The number of anilines is 1. The van der Waals surface area contributed by atoms with Crippen LogP contribution in [0.4, 0.5) is 14.5 Å². The number of halogens is 4. The van der Waals surface area contributed by atoms with Crippen molar-refractivity contribution < 1.29 is 13.6 Å². The van der Waals surface area contributed by atoms with Gasteiger partial charge in [0.15, 0.2) is 0 Å². The van der Waals surface area contributed by atoms with Crippen molar-refractivity contribution in [3.8, 4) is 6.07 Å². The lowest BCUT2D eigenvalue weighted by molar-refractivity contribution is -0.118.